The first-order chi connectivity index (χ1) is 34.9. The molecule has 418 valence electrons. The van der Waals surface area contributed by atoms with Crippen molar-refractivity contribution in [1.82, 2.24) is 30.7 Å². The van der Waals surface area contributed by atoms with Gasteiger partial charge in [-0.3, -0.25) is 33.6 Å². The van der Waals surface area contributed by atoms with Crippen molar-refractivity contribution in [2.75, 3.05) is 19.6 Å². The van der Waals surface area contributed by atoms with Crippen LogP contribution in [0.3, 0.4) is 0 Å². The van der Waals surface area contributed by atoms with Gasteiger partial charge in [0.1, 0.15) is 60.3 Å². The first-order valence-corrected chi connectivity index (χ1v) is 26.0. The van der Waals surface area contributed by atoms with E-state index in [1.165, 1.54) is 18.6 Å². The van der Waals surface area contributed by atoms with Gasteiger partial charge in [-0.2, -0.15) is 0 Å². The van der Waals surface area contributed by atoms with E-state index in [0.717, 1.165) is 78.7 Å². The van der Waals surface area contributed by atoms with E-state index in [4.69, 9.17) is 11.5 Å². The van der Waals surface area contributed by atoms with Gasteiger partial charge in [0.2, 0.25) is 41.4 Å². The molecule has 3 aliphatic heterocycles. The average Bonchev–Trinajstić information content (AvgIpc) is 4.04. The molecule has 16 N–H and O–H groups in total. The van der Waals surface area contributed by atoms with Gasteiger partial charge in [-0.05, 0) is 68.7 Å². The highest BCUT2D eigenvalue weighted by Crippen LogP contribution is 2.29. The number of rotatable bonds is 28. The van der Waals surface area contributed by atoms with Crippen LogP contribution in [-0.2, 0) is 33.6 Å². The lowest BCUT2D eigenvalue weighted by Crippen LogP contribution is -2.64. The molecule has 4 rings (SSSR count). The Morgan fingerprint density at radius 1 is 0.716 bits per heavy atom. The van der Waals surface area contributed by atoms with E-state index in [0.29, 0.717) is 18.3 Å². The summed E-state index contributed by atoms with van der Waals surface area (Å²) in [7, 11) is 0. The average molecular weight is 1050 g/mol. The third-order valence-corrected chi connectivity index (χ3v) is 14.6. The molecule has 3 fully saturated rings. The van der Waals surface area contributed by atoms with Gasteiger partial charge in [-0.1, -0.05) is 77.8 Å². The van der Waals surface area contributed by atoms with Gasteiger partial charge >= 0.3 is 0 Å². The van der Waals surface area contributed by atoms with Crippen LogP contribution in [0.2, 0.25) is 0 Å². The van der Waals surface area contributed by atoms with E-state index in [2.05, 4.69) is 36.7 Å². The van der Waals surface area contributed by atoms with Gasteiger partial charge in [0, 0.05) is 32.4 Å². The molecule has 7 amide bonds. The first kappa shape index (κ1) is 61.5. The molecule has 24 heteroatoms. The number of nitrogens with zero attached hydrogens (tertiary/aromatic N) is 3. The second-order valence-electron chi connectivity index (χ2n) is 20.5. The molecule has 0 aliphatic carbocycles. The first-order valence-electron chi connectivity index (χ1n) is 26.0. The number of phenols is 1. The number of benzene rings is 1. The summed E-state index contributed by atoms with van der Waals surface area (Å²) in [5.41, 5.74) is 11.0. The molecule has 0 radical (unpaired) electrons. The van der Waals surface area contributed by atoms with E-state index >= 15 is 0 Å². The van der Waals surface area contributed by atoms with Crippen molar-refractivity contribution < 1.29 is 79.5 Å². The topological polar surface area (TPSA) is 399 Å². The molecule has 24 nitrogen and oxygen atoms in total. The van der Waals surface area contributed by atoms with E-state index in [1.807, 2.05) is 0 Å². The minimum absolute atomic E-state index is 0.0377. The largest absolute Gasteiger partial charge is 0.508 e. The molecular weight excluding hydrogens is 969 g/mol. The lowest BCUT2D eigenvalue weighted by Gasteiger charge is -2.34. The number of phenolic OH excluding ortho intramolecular Hbond substituents is 1. The molecule has 74 heavy (non-hydrogen) atoms. The van der Waals surface area contributed by atoms with Crippen molar-refractivity contribution in [3.63, 3.8) is 0 Å². The Bertz CT molecular complexity index is 2030. The van der Waals surface area contributed by atoms with Crippen LogP contribution in [0.15, 0.2) is 24.3 Å². The number of carbonyl (C=O) groups excluding carboxylic acids is 7. The quantitative estimate of drug-likeness (QED) is 0.0377. The normalized spacial score (nSPS) is 25.5. The lowest BCUT2D eigenvalue weighted by molar-refractivity contribution is -0.151. The Hall–Kier alpha value is -5.05. The maximum atomic E-state index is 14.3. The summed E-state index contributed by atoms with van der Waals surface area (Å²) in [6, 6.07) is -6.05. The number of unbranched alkanes of at least 4 members (excludes halogenated alkanes) is 5. The number of amides is 7. The minimum Gasteiger partial charge on any atom is -0.508 e. The van der Waals surface area contributed by atoms with E-state index in [9.17, 15) is 79.5 Å². The van der Waals surface area contributed by atoms with E-state index < -0.39 is 146 Å². The van der Waals surface area contributed by atoms with Crippen LogP contribution >= 0.6 is 0 Å². The summed E-state index contributed by atoms with van der Waals surface area (Å²) in [6.45, 7) is 6.89. The maximum absolute atomic E-state index is 14.3. The molecule has 1 aromatic rings. The van der Waals surface area contributed by atoms with Gasteiger partial charge in [0.25, 0.3) is 0 Å². The second-order valence-corrected chi connectivity index (χ2v) is 20.5. The number of aromatic hydroxyl groups is 1. The predicted octanol–water partition coefficient (Wildman–Crippen LogP) is -2.79. The molecule has 0 spiro atoms. The predicted molar refractivity (Wildman–Crippen MR) is 265 cm³/mol. The zero-order valence-corrected chi connectivity index (χ0v) is 42.9. The van der Waals surface area contributed by atoms with Crippen LogP contribution < -0.4 is 27.4 Å². The third kappa shape index (κ3) is 16.2. The number of β-amino-alcohol motifs (C(OH)–C–C–N with tert-alkyl or cyclic N) is 1. The van der Waals surface area contributed by atoms with Crippen molar-refractivity contribution in [2.45, 2.75) is 203 Å². The van der Waals surface area contributed by atoms with Gasteiger partial charge < -0.3 is 88.1 Å². The second kappa shape index (κ2) is 28.7. The molecule has 16 atom stereocenters. The smallest absolute Gasteiger partial charge is 0.248 e. The summed E-state index contributed by atoms with van der Waals surface area (Å²) in [4.78, 5) is 99.0. The van der Waals surface area contributed by atoms with Crippen LogP contribution in [0.1, 0.15) is 129 Å². The van der Waals surface area contributed by atoms with Crippen molar-refractivity contribution in [2.24, 2.45) is 23.3 Å². The highest BCUT2D eigenvalue weighted by atomic mass is 16.4. The number of primary amides is 1. The van der Waals surface area contributed by atoms with Crippen LogP contribution in [0.5, 0.6) is 5.75 Å². The highest BCUT2D eigenvalue weighted by Gasteiger charge is 2.50. The van der Waals surface area contributed by atoms with E-state index in [-0.39, 0.29) is 43.7 Å². The molecule has 0 saturated carbocycles. The Labute approximate surface area is 431 Å². The minimum atomic E-state index is -2.29. The number of aliphatic hydroxyl groups is 8. The standard InChI is InChI=1S/C50H82N8O16/c1-5-26(2)22-27(3)12-10-8-6-7-9-11-13-37(65)58-33(24-36(64)48(58)72)46(70)53-38(28(4)59)49(73)57-25-31(61)23-32(57)45(69)55-40(43(67)42(66)29-14-16-30(60)17-15-29)47(71)54-39(34(62)18-20-51)50(74)56-21-19-35(63)41(56)44(52)68/h14-17,26-28,31-36,38-43,48,59-64,66-67,72H,5-13,18-25,51H2,1-4H3,(H2,52,68)(H,53,70)(H,54,71)(H,55,69)/t26?,27?,28-,31-,32+,33-,34-,35+,36-,38+,39+,40+,41+,42+,43+,48?/m1/s1. The number of hydrogen-bond donors (Lipinski definition) is 14. The van der Waals surface area contributed by atoms with Crippen LogP contribution in [0.25, 0.3) is 0 Å². The molecule has 1 aromatic carbocycles. The SMILES string of the molecule is CCC(C)CC(C)CCCCCCCCC(=O)N1C(O)[C@H](O)C[C@@H]1C(=O)N[C@H](C(=O)N1C[C@H](O)C[C@H]1C(=O)N[C@H](C(=O)N[C@H](C(=O)N1CC[C@H](O)[C@H]1C(N)=O)[C@H](O)CCN)[C@H](O)[C@@H](O)c1ccc(O)cc1)[C@@H](C)O. The summed E-state index contributed by atoms with van der Waals surface area (Å²) < 4.78 is 0. The highest BCUT2D eigenvalue weighted by molar-refractivity contribution is 5.98. The maximum Gasteiger partial charge on any atom is 0.248 e. The van der Waals surface area contributed by atoms with Gasteiger partial charge in [-0.15, -0.1) is 0 Å². The number of carbonyl (C=O) groups is 7. The van der Waals surface area contributed by atoms with Crippen LogP contribution in [0, 0.1) is 11.8 Å². The Morgan fingerprint density at radius 3 is 1.92 bits per heavy atom. The fourth-order valence-corrected chi connectivity index (χ4v) is 10.1. The van der Waals surface area contributed by atoms with Crippen molar-refractivity contribution in [3.05, 3.63) is 29.8 Å². The summed E-state index contributed by atoms with van der Waals surface area (Å²) >= 11 is 0. The van der Waals surface area contributed by atoms with E-state index in [1.54, 1.807) is 0 Å². The molecule has 3 saturated heterocycles. The van der Waals surface area contributed by atoms with Crippen molar-refractivity contribution in [1.29, 1.82) is 0 Å². The number of aliphatic hydroxyl groups excluding tert-OH is 8. The summed E-state index contributed by atoms with van der Waals surface area (Å²) in [5.74, 6) is -6.42. The molecule has 3 aliphatic rings. The molecule has 3 unspecified atom stereocenters. The Kier molecular flexibility index (Phi) is 23.9. The van der Waals surface area contributed by atoms with Gasteiger partial charge in [0.05, 0.1) is 24.4 Å². The molecule has 3 heterocycles. The third-order valence-electron chi connectivity index (χ3n) is 14.6. The zero-order valence-electron chi connectivity index (χ0n) is 42.9. The number of hydrogen-bond acceptors (Lipinski definition) is 17. The number of likely N-dealkylation sites (tertiary alicyclic amines) is 3. The van der Waals surface area contributed by atoms with Gasteiger partial charge in [-0.25, -0.2) is 0 Å². The van der Waals surface area contributed by atoms with Gasteiger partial charge in [0.15, 0.2) is 6.23 Å². The van der Waals surface area contributed by atoms with Crippen molar-refractivity contribution in [3.8, 4) is 5.75 Å². The summed E-state index contributed by atoms with van der Waals surface area (Å²) in [5, 5.41) is 104. The van der Waals surface area contributed by atoms with Crippen LogP contribution in [-0.4, -0.2) is 201 Å². The fraction of sp³-hybridized carbons (Fsp3) is 0.740. The Balaban J connectivity index is 1.50. The fourth-order valence-electron chi connectivity index (χ4n) is 10.1. The monoisotopic (exact) mass is 1050 g/mol. The Morgan fingerprint density at radius 2 is 1.31 bits per heavy atom. The summed E-state index contributed by atoms with van der Waals surface area (Å²) in [6.07, 6.45) is -6.37. The number of nitrogens with one attached hydrogen (secondary N) is 3. The van der Waals surface area contributed by atoms with Crippen molar-refractivity contribution >= 4 is 41.4 Å². The molecular formula is C50H82N8O16. The zero-order chi connectivity index (χ0) is 55.1. The molecule has 0 bridgehead atoms. The lowest BCUT2D eigenvalue weighted by atomic mass is 9.91. The molecule has 0 aromatic heterocycles. The number of nitrogens with two attached hydrogens (primary N) is 2. The van der Waals surface area contributed by atoms with Crippen LogP contribution in [0.4, 0.5) is 0 Å².